The molecule has 0 spiro atoms. The van der Waals surface area contributed by atoms with Gasteiger partial charge in [-0.1, -0.05) is 0 Å². The fourth-order valence-corrected chi connectivity index (χ4v) is 4.88. The van der Waals surface area contributed by atoms with E-state index in [0.717, 1.165) is 12.8 Å². The minimum absolute atomic E-state index is 0.00594. The number of H-pyrrole nitrogens is 1. The molecule has 0 bridgehead atoms. The van der Waals surface area contributed by atoms with E-state index in [1.54, 1.807) is 26.0 Å². The average molecular weight is 375 g/mol. The maximum absolute atomic E-state index is 12.6. The standard InChI is InChI=1S/C17H21N5O3S/c1-11-17(12(2)21-20-11)26(23,24)22-14-4-6-15(7-5-14)25-16-8-3-13(9-18)10-19-16/h3,8,10,14-15,22H,4-7H2,1-2H3,(H,20,21). The summed E-state index contributed by atoms with van der Waals surface area (Å²) in [6.07, 6.45) is 4.32. The molecule has 2 aromatic rings. The van der Waals surface area contributed by atoms with Crippen molar-refractivity contribution in [3.8, 4) is 11.9 Å². The Morgan fingerprint density at radius 2 is 2.00 bits per heavy atom. The lowest BCUT2D eigenvalue weighted by molar-refractivity contribution is 0.138. The van der Waals surface area contributed by atoms with Crippen LogP contribution < -0.4 is 9.46 Å². The molecule has 0 aromatic carbocycles. The third-order valence-electron chi connectivity index (χ3n) is 4.48. The first-order valence-electron chi connectivity index (χ1n) is 8.46. The summed E-state index contributed by atoms with van der Waals surface area (Å²) >= 11 is 0. The van der Waals surface area contributed by atoms with Gasteiger partial charge in [0.25, 0.3) is 0 Å². The van der Waals surface area contributed by atoms with E-state index in [0.29, 0.717) is 35.7 Å². The molecule has 9 heteroatoms. The highest BCUT2D eigenvalue weighted by Gasteiger charge is 2.29. The van der Waals surface area contributed by atoms with Crippen LogP contribution >= 0.6 is 0 Å². The molecule has 26 heavy (non-hydrogen) atoms. The molecule has 0 radical (unpaired) electrons. The summed E-state index contributed by atoms with van der Waals surface area (Å²) in [5, 5.41) is 15.4. The largest absolute Gasteiger partial charge is 0.474 e. The minimum Gasteiger partial charge on any atom is -0.474 e. The summed E-state index contributed by atoms with van der Waals surface area (Å²) in [4.78, 5) is 4.34. The van der Waals surface area contributed by atoms with E-state index in [4.69, 9.17) is 10.00 Å². The second-order valence-electron chi connectivity index (χ2n) is 6.47. The van der Waals surface area contributed by atoms with Gasteiger partial charge in [-0.2, -0.15) is 10.4 Å². The van der Waals surface area contributed by atoms with Gasteiger partial charge >= 0.3 is 0 Å². The van der Waals surface area contributed by atoms with Crippen molar-refractivity contribution in [2.75, 3.05) is 0 Å². The van der Waals surface area contributed by atoms with Gasteiger partial charge in [0, 0.05) is 18.3 Å². The lowest BCUT2D eigenvalue weighted by Crippen LogP contribution is -2.40. The van der Waals surface area contributed by atoms with Crippen molar-refractivity contribution < 1.29 is 13.2 Å². The predicted octanol–water partition coefficient (Wildman–Crippen LogP) is 1.96. The molecule has 0 saturated heterocycles. The SMILES string of the molecule is Cc1n[nH]c(C)c1S(=O)(=O)NC1CCC(Oc2ccc(C#N)cn2)CC1. The van der Waals surface area contributed by atoms with E-state index >= 15 is 0 Å². The second kappa shape index (κ2) is 7.43. The number of sulfonamides is 1. The molecular formula is C17H21N5O3S. The van der Waals surface area contributed by atoms with Gasteiger partial charge in [0.05, 0.1) is 17.0 Å². The van der Waals surface area contributed by atoms with Gasteiger partial charge in [0.2, 0.25) is 15.9 Å². The number of hydrogen-bond acceptors (Lipinski definition) is 6. The van der Waals surface area contributed by atoms with Crippen molar-refractivity contribution in [2.45, 2.75) is 56.6 Å². The Hall–Kier alpha value is -2.44. The van der Waals surface area contributed by atoms with Gasteiger partial charge < -0.3 is 4.74 Å². The van der Waals surface area contributed by atoms with Gasteiger partial charge in [0.15, 0.2) is 0 Å². The zero-order chi connectivity index (χ0) is 18.7. The molecule has 0 unspecified atom stereocenters. The first kappa shape index (κ1) is 18.4. The Morgan fingerprint density at radius 3 is 2.54 bits per heavy atom. The number of nitrogens with zero attached hydrogens (tertiary/aromatic N) is 3. The van der Waals surface area contributed by atoms with E-state index in [1.807, 2.05) is 6.07 Å². The van der Waals surface area contributed by atoms with Crippen LogP contribution in [0.5, 0.6) is 5.88 Å². The maximum Gasteiger partial charge on any atom is 0.244 e. The van der Waals surface area contributed by atoms with Crippen LogP contribution in [-0.2, 0) is 10.0 Å². The molecule has 0 aliphatic heterocycles. The topological polar surface area (TPSA) is 121 Å². The first-order valence-corrected chi connectivity index (χ1v) is 9.94. The van der Waals surface area contributed by atoms with Gasteiger partial charge in [-0.25, -0.2) is 18.1 Å². The zero-order valence-corrected chi connectivity index (χ0v) is 15.5. The van der Waals surface area contributed by atoms with Crippen molar-refractivity contribution in [1.82, 2.24) is 19.9 Å². The van der Waals surface area contributed by atoms with Crippen LogP contribution in [-0.4, -0.2) is 35.7 Å². The van der Waals surface area contributed by atoms with E-state index in [1.165, 1.54) is 6.20 Å². The predicted molar refractivity (Wildman–Crippen MR) is 94.0 cm³/mol. The molecule has 0 amide bonds. The maximum atomic E-state index is 12.6. The number of aromatic amines is 1. The lowest BCUT2D eigenvalue weighted by Gasteiger charge is -2.29. The third-order valence-corrected chi connectivity index (χ3v) is 6.26. The average Bonchev–Trinajstić information content (AvgIpc) is 2.96. The van der Waals surface area contributed by atoms with Gasteiger partial charge in [-0.3, -0.25) is 5.10 Å². The van der Waals surface area contributed by atoms with Crippen LogP contribution in [0.15, 0.2) is 23.2 Å². The molecule has 1 aliphatic carbocycles. The van der Waals surface area contributed by atoms with Crippen LogP contribution in [0.1, 0.15) is 42.6 Å². The summed E-state index contributed by atoms with van der Waals surface area (Å²) in [7, 11) is -3.59. The number of nitriles is 1. The monoisotopic (exact) mass is 375 g/mol. The summed E-state index contributed by atoms with van der Waals surface area (Å²) in [6.45, 7) is 3.37. The van der Waals surface area contributed by atoms with Crippen LogP contribution in [0, 0.1) is 25.2 Å². The molecule has 0 atom stereocenters. The van der Waals surface area contributed by atoms with Crippen molar-refractivity contribution in [1.29, 1.82) is 5.26 Å². The number of hydrogen-bond donors (Lipinski definition) is 2. The normalized spacial score (nSPS) is 20.5. The van der Waals surface area contributed by atoms with Crippen LogP contribution in [0.25, 0.3) is 0 Å². The van der Waals surface area contributed by atoms with E-state index in [2.05, 4.69) is 19.9 Å². The molecule has 1 saturated carbocycles. The van der Waals surface area contributed by atoms with Crippen molar-refractivity contribution in [2.24, 2.45) is 0 Å². The summed E-state index contributed by atoms with van der Waals surface area (Å²) in [5.74, 6) is 0.484. The van der Waals surface area contributed by atoms with Gasteiger partial charge in [0.1, 0.15) is 17.1 Å². The van der Waals surface area contributed by atoms with E-state index < -0.39 is 10.0 Å². The minimum atomic E-state index is -3.59. The fraction of sp³-hybridized carbons (Fsp3) is 0.471. The smallest absolute Gasteiger partial charge is 0.244 e. The number of aryl methyl sites for hydroxylation is 2. The highest BCUT2D eigenvalue weighted by molar-refractivity contribution is 7.89. The molecule has 2 aromatic heterocycles. The Kier molecular flexibility index (Phi) is 5.25. The number of nitrogens with one attached hydrogen (secondary N) is 2. The summed E-state index contributed by atoms with van der Waals surface area (Å²) in [5.41, 5.74) is 1.50. The highest BCUT2D eigenvalue weighted by Crippen LogP contribution is 2.25. The molecule has 1 aliphatic rings. The lowest BCUT2D eigenvalue weighted by atomic mass is 9.94. The highest BCUT2D eigenvalue weighted by atomic mass is 32.2. The number of aromatic nitrogens is 3. The molecule has 138 valence electrons. The Bertz CT molecular complexity index is 887. The second-order valence-corrected chi connectivity index (χ2v) is 8.12. The molecule has 8 nitrogen and oxygen atoms in total. The van der Waals surface area contributed by atoms with Crippen LogP contribution in [0.3, 0.4) is 0 Å². The Morgan fingerprint density at radius 1 is 1.27 bits per heavy atom. The van der Waals surface area contributed by atoms with Crippen molar-refractivity contribution in [3.05, 3.63) is 35.3 Å². The molecule has 2 N–H and O–H groups in total. The van der Waals surface area contributed by atoms with Crippen molar-refractivity contribution >= 4 is 10.0 Å². The molecular weight excluding hydrogens is 354 g/mol. The number of pyridine rings is 1. The Labute approximate surface area is 152 Å². The fourth-order valence-electron chi connectivity index (χ4n) is 3.20. The summed E-state index contributed by atoms with van der Waals surface area (Å²) < 4.78 is 33.8. The van der Waals surface area contributed by atoms with Crippen LogP contribution in [0.2, 0.25) is 0 Å². The van der Waals surface area contributed by atoms with Gasteiger partial charge in [-0.15, -0.1) is 0 Å². The van der Waals surface area contributed by atoms with E-state index in [-0.39, 0.29) is 17.0 Å². The summed E-state index contributed by atoms with van der Waals surface area (Å²) in [6, 6.07) is 5.23. The zero-order valence-electron chi connectivity index (χ0n) is 14.7. The third kappa shape index (κ3) is 4.03. The van der Waals surface area contributed by atoms with Crippen LogP contribution in [0.4, 0.5) is 0 Å². The van der Waals surface area contributed by atoms with Crippen molar-refractivity contribution in [3.63, 3.8) is 0 Å². The Balaban J connectivity index is 1.56. The van der Waals surface area contributed by atoms with Gasteiger partial charge in [-0.05, 0) is 45.6 Å². The molecule has 3 rings (SSSR count). The first-order chi connectivity index (χ1) is 12.4. The quantitative estimate of drug-likeness (QED) is 0.824. The van der Waals surface area contributed by atoms with E-state index in [9.17, 15) is 8.42 Å². The molecule has 2 heterocycles. The number of rotatable bonds is 5. The molecule has 1 fully saturated rings. The number of ether oxygens (including phenoxy) is 1.